The van der Waals surface area contributed by atoms with Crippen molar-refractivity contribution in [1.29, 1.82) is 0 Å². The third-order valence-corrected chi connectivity index (χ3v) is 9.07. The summed E-state index contributed by atoms with van der Waals surface area (Å²) in [6.07, 6.45) is 7.50. The van der Waals surface area contributed by atoms with Crippen molar-refractivity contribution in [3.63, 3.8) is 0 Å². The van der Waals surface area contributed by atoms with Crippen LogP contribution in [0.4, 0.5) is 14.6 Å². The molecule has 0 unspecified atom stereocenters. The Kier molecular flexibility index (Phi) is 6.71. The fourth-order valence-corrected chi connectivity index (χ4v) is 6.95. The number of alkyl halides is 1. The van der Waals surface area contributed by atoms with E-state index in [0.29, 0.717) is 58.1 Å². The maximum absolute atomic E-state index is 14.8. The maximum atomic E-state index is 14.8. The van der Waals surface area contributed by atoms with E-state index in [1.165, 1.54) is 18.2 Å². The van der Waals surface area contributed by atoms with Gasteiger partial charge in [0.1, 0.15) is 42.2 Å². The minimum Gasteiger partial charge on any atom is -0.508 e. The number of aromatic nitrogens is 3. The number of halogens is 2. The molecule has 3 atom stereocenters. The fourth-order valence-electron chi connectivity index (χ4n) is 6.95. The number of ether oxygens (including phenoxy) is 2. The minimum absolute atomic E-state index is 0.0380. The number of anilines is 1. The van der Waals surface area contributed by atoms with Crippen LogP contribution in [-0.2, 0) is 0 Å². The average Bonchev–Trinajstić information content (AvgIpc) is 3.48. The monoisotopic (exact) mass is 587 g/mol. The Bertz CT molecular complexity index is 1800. The topological polar surface area (TPSA) is 104 Å². The first kappa shape index (κ1) is 27.6. The van der Waals surface area contributed by atoms with Gasteiger partial charge in [-0.25, -0.2) is 13.8 Å². The van der Waals surface area contributed by atoms with Crippen LogP contribution in [0.1, 0.15) is 31.2 Å². The molecule has 11 heteroatoms. The van der Waals surface area contributed by atoms with E-state index < -0.39 is 12.0 Å². The van der Waals surface area contributed by atoms with Crippen molar-refractivity contribution in [3.8, 4) is 41.2 Å². The van der Waals surface area contributed by atoms with Gasteiger partial charge in [-0.1, -0.05) is 12.0 Å². The molecule has 4 aromatic rings. The molecule has 0 spiro atoms. The minimum atomic E-state index is -0.889. The average molecular weight is 588 g/mol. The molecule has 5 heterocycles. The van der Waals surface area contributed by atoms with E-state index in [1.54, 1.807) is 12.1 Å². The number of phenolic OH excluding ortho intramolecular Hbond substituents is 1. The second kappa shape index (κ2) is 10.5. The van der Waals surface area contributed by atoms with Gasteiger partial charge in [0.15, 0.2) is 0 Å². The molecule has 0 saturated carbocycles. The molecular formula is C32H31F2N5O4. The highest BCUT2D eigenvalue weighted by Crippen LogP contribution is 2.43. The molecule has 7 rings (SSSR count). The van der Waals surface area contributed by atoms with Crippen LogP contribution < -0.4 is 14.4 Å². The SMILES string of the molecule is C#Cc1c(F)ccc2cc(O)cc(-c3cc4nc(OC[C@@]56CCCN5C[C@H](F)C6)nc5c4c(n3)OC[C@H](CCO)N5C)c12. The lowest BCUT2D eigenvalue weighted by atomic mass is 9.95. The third kappa shape index (κ3) is 4.56. The number of hydrogen-bond donors (Lipinski definition) is 2. The van der Waals surface area contributed by atoms with E-state index in [4.69, 9.17) is 30.8 Å². The number of hydrogen-bond acceptors (Lipinski definition) is 9. The van der Waals surface area contributed by atoms with E-state index >= 15 is 0 Å². The van der Waals surface area contributed by atoms with E-state index in [1.807, 2.05) is 11.9 Å². The molecule has 3 aliphatic heterocycles. The Morgan fingerprint density at radius 3 is 2.88 bits per heavy atom. The number of benzene rings is 2. The number of aromatic hydroxyl groups is 1. The van der Waals surface area contributed by atoms with E-state index in [2.05, 4.69) is 10.8 Å². The van der Waals surface area contributed by atoms with Crippen molar-refractivity contribution >= 4 is 27.5 Å². The van der Waals surface area contributed by atoms with Crippen molar-refractivity contribution in [2.75, 3.05) is 44.9 Å². The number of phenols is 1. The van der Waals surface area contributed by atoms with Crippen LogP contribution in [0.2, 0.25) is 0 Å². The zero-order chi connectivity index (χ0) is 29.9. The third-order valence-electron chi connectivity index (χ3n) is 9.07. The summed E-state index contributed by atoms with van der Waals surface area (Å²) in [7, 11) is 1.87. The molecule has 43 heavy (non-hydrogen) atoms. The molecule has 0 amide bonds. The van der Waals surface area contributed by atoms with Crippen molar-refractivity contribution in [3.05, 3.63) is 41.7 Å². The second-order valence-corrected chi connectivity index (χ2v) is 11.6. The summed E-state index contributed by atoms with van der Waals surface area (Å²) in [4.78, 5) is 18.4. The summed E-state index contributed by atoms with van der Waals surface area (Å²) in [5, 5.41) is 21.8. The Morgan fingerprint density at radius 1 is 1.21 bits per heavy atom. The van der Waals surface area contributed by atoms with E-state index in [0.717, 1.165) is 19.4 Å². The van der Waals surface area contributed by atoms with Gasteiger partial charge in [0.2, 0.25) is 5.88 Å². The van der Waals surface area contributed by atoms with E-state index in [9.17, 15) is 19.0 Å². The van der Waals surface area contributed by atoms with Crippen molar-refractivity contribution in [1.82, 2.24) is 19.9 Å². The predicted octanol–water partition coefficient (Wildman–Crippen LogP) is 4.21. The molecule has 2 aromatic heterocycles. The van der Waals surface area contributed by atoms with Gasteiger partial charge in [0.25, 0.3) is 0 Å². The number of fused-ring (bicyclic) bond motifs is 2. The molecule has 2 fully saturated rings. The number of pyridine rings is 1. The first-order valence-corrected chi connectivity index (χ1v) is 14.4. The standard InChI is InChI=1S/C32H31F2N5O4/c1-3-22-24(34)6-5-18-11-21(41)12-23(27(18)22)25-13-26-28-29(38(2)20(7-10-40)16-42-30(28)35-25)37-31(36-26)43-17-32-8-4-9-39(32)15-19(33)14-32/h1,5-6,11-13,19-20,40-41H,4,7-10,14-17H2,2H3/t19-,20+,32+/m1/s1. The Hall–Kier alpha value is -4.27. The number of nitrogens with zero attached hydrogens (tertiary/aromatic N) is 5. The van der Waals surface area contributed by atoms with Crippen LogP contribution in [0.25, 0.3) is 32.9 Å². The van der Waals surface area contributed by atoms with Gasteiger partial charge in [-0.3, -0.25) is 4.90 Å². The molecule has 2 saturated heterocycles. The summed E-state index contributed by atoms with van der Waals surface area (Å²) in [5.41, 5.74) is 0.907. The number of terminal acetylenes is 1. The normalized spacial score (nSPS) is 23.3. The summed E-state index contributed by atoms with van der Waals surface area (Å²) in [5.74, 6) is 2.62. The number of aliphatic hydroxyl groups is 1. The van der Waals surface area contributed by atoms with Crippen LogP contribution in [-0.4, -0.2) is 87.8 Å². The summed E-state index contributed by atoms with van der Waals surface area (Å²) >= 11 is 0. The number of aliphatic hydroxyl groups excluding tert-OH is 1. The van der Waals surface area contributed by atoms with Crippen molar-refractivity contribution < 1.29 is 28.5 Å². The molecule has 2 aromatic carbocycles. The van der Waals surface area contributed by atoms with E-state index in [-0.39, 0.29) is 54.6 Å². The molecule has 0 radical (unpaired) electrons. The van der Waals surface area contributed by atoms with Gasteiger partial charge in [-0.15, -0.1) is 6.42 Å². The quantitative estimate of drug-likeness (QED) is 0.321. The van der Waals surface area contributed by atoms with Crippen LogP contribution in [0.3, 0.4) is 0 Å². The van der Waals surface area contributed by atoms with Crippen LogP contribution in [0.15, 0.2) is 30.3 Å². The predicted molar refractivity (Wildman–Crippen MR) is 158 cm³/mol. The zero-order valence-corrected chi connectivity index (χ0v) is 23.7. The molecule has 0 bridgehead atoms. The van der Waals surface area contributed by atoms with Gasteiger partial charge in [0.05, 0.1) is 28.4 Å². The Labute approximate surface area is 247 Å². The van der Waals surface area contributed by atoms with Gasteiger partial charge in [0, 0.05) is 37.6 Å². The van der Waals surface area contributed by atoms with Crippen LogP contribution >= 0.6 is 0 Å². The highest BCUT2D eigenvalue weighted by molar-refractivity contribution is 6.03. The molecule has 2 N–H and O–H groups in total. The smallest absolute Gasteiger partial charge is 0.319 e. The molecular weight excluding hydrogens is 556 g/mol. The van der Waals surface area contributed by atoms with Gasteiger partial charge < -0.3 is 24.6 Å². The Balaban J connectivity index is 1.39. The lowest BCUT2D eigenvalue weighted by molar-refractivity contribution is 0.107. The summed E-state index contributed by atoms with van der Waals surface area (Å²) in [6.45, 7) is 1.67. The first-order valence-electron chi connectivity index (χ1n) is 14.4. The molecule has 0 aliphatic carbocycles. The lowest BCUT2D eigenvalue weighted by Crippen LogP contribution is -2.43. The van der Waals surface area contributed by atoms with Gasteiger partial charge >= 0.3 is 6.01 Å². The Morgan fingerprint density at radius 2 is 2.07 bits per heavy atom. The highest BCUT2D eigenvalue weighted by Gasteiger charge is 2.49. The summed E-state index contributed by atoms with van der Waals surface area (Å²) < 4.78 is 41.7. The first-order chi connectivity index (χ1) is 20.8. The fraction of sp³-hybridized carbons (Fsp3) is 0.406. The lowest BCUT2D eigenvalue weighted by Gasteiger charge is -2.31. The summed E-state index contributed by atoms with van der Waals surface area (Å²) in [6, 6.07) is 7.45. The molecule has 3 aliphatic rings. The highest BCUT2D eigenvalue weighted by atomic mass is 19.1. The number of rotatable bonds is 6. The molecule has 9 nitrogen and oxygen atoms in total. The largest absolute Gasteiger partial charge is 0.508 e. The van der Waals surface area contributed by atoms with Gasteiger partial charge in [-0.2, -0.15) is 9.97 Å². The van der Waals surface area contributed by atoms with Crippen LogP contribution in [0, 0.1) is 18.2 Å². The van der Waals surface area contributed by atoms with Gasteiger partial charge in [-0.05, 0) is 55.5 Å². The molecule has 222 valence electrons. The maximum Gasteiger partial charge on any atom is 0.319 e. The second-order valence-electron chi connectivity index (χ2n) is 11.6. The van der Waals surface area contributed by atoms with Crippen molar-refractivity contribution in [2.45, 2.75) is 43.4 Å². The van der Waals surface area contributed by atoms with Crippen molar-refractivity contribution in [2.24, 2.45) is 0 Å². The van der Waals surface area contributed by atoms with Crippen LogP contribution in [0.5, 0.6) is 17.6 Å². The number of likely N-dealkylation sites (N-methyl/N-ethyl adjacent to an activating group) is 1. The zero-order valence-electron chi connectivity index (χ0n) is 23.7.